The summed E-state index contributed by atoms with van der Waals surface area (Å²) in [5, 5.41) is 0. The molecule has 1 unspecified atom stereocenters. The Morgan fingerprint density at radius 3 is 2.28 bits per heavy atom. The van der Waals surface area contributed by atoms with Crippen LogP contribution in [-0.2, 0) is 19.4 Å². The summed E-state index contributed by atoms with van der Waals surface area (Å²) in [4.78, 5) is 52.6. The molecule has 0 spiro atoms. The van der Waals surface area contributed by atoms with Gasteiger partial charge in [0.2, 0.25) is 0 Å². The molecular weight excluding hydrogens is 434 g/mol. The highest BCUT2D eigenvalue weighted by molar-refractivity contribution is 7.91. The van der Waals surface area contributed by atoms with Crippen molar-refractivity contribution in [1.29, 1.82) is 0 Å². The summed E-state index contributed by atoms with van der Waals surface area (Å²) in [6.07, 6.45) is 0.345. The monoisotopic (exact) mass is 455 g/mol. The number of benzene rings is 2. The smallest absolute Gasteiger partial charge is 0.339 e. The lowest BCUT2D eigenvalue weighted by Gasteiger charge is -2.26. The first-order chi connectivity index (χ1) is 15.2. The van der Waals surface area contributed by atoms with Gasteiger partial charge in [-0.1, -0.05) is 36.4 Å². The fraction of sp³-hybridized carbons (Fsp3) is 0.304. The van der Waals surface area contributed by atoms with Crippen LogP contribution in [0.3, 0.4) is 0 Å². The Balaban J connectivity index is 1.53. The Bertz CT molecular complexity index is 1250. The first kappa shape index (κ1) is 21.9. The van der Waals surface area contributed by atoms with Crippen LogP contribution in [0.2, 0.25) is 0 Å². The molecule has 2 aliphatic rings. The number of ketones is 2. The fourth-order valence-electron chi connectivity index (χ4n) is 4.26. The quantitative estimate of drug-likeness (QED) is 0.537. The molecule has 0 aromatic heterocycles. The van der Waals surface area contributed by atoms with E-state index < -0.39 is 40.1 Å². The normalized spacial score (nSPS) is 18.6. The van der Waals surface area contributed by atoms with Crippen molar-refractivity contribution in [3.05, 3.63) is 70.3 Å². The van der Waals surface area contributed by atoms with Gasteiger partial charge in [-0.3, -0.25) is 14.4 Å². The van der Waals surface area contributed by atoms with E-state index >= 15 is 0 Å². The highest BCUT2D eigenvalue weighted by atomic mass is 32.2. The molecular formula is C23H21NO7S. The summed E-state index contributed by atoms with van der Waals surface area (Å²) < 4.78 is 28.6. The number of esters is 1. The summed E-state index contributed by atoms with van der Waals surface area (Å²) in [6.45, 7) is 1.41. The van der Waals surface area contributed by atoms with E-state index in [9.17, 15) is 27.6 Å². The van der Waals surface area contributed by atoms with E-state index in [1.54, 1.807) is 25.1 Å². The SMILES string of the molecule is CCN(C(=O)COC(=O)c1cccc2c1C(=O)c1ccccc1C2=O)C1CCS(=O)(=O)C1. The molecule has 9 heteroatoms. The van der Waals surface area contributed by atoms with E-state index in [2.05, 4.69) is 0 Å². The second-order valence-corrected chi connectivity index (χ2v) is 9.97. The second-order valence-electron chi connectivity index (χ2n) is 7.74. The van der Waals surface area contributed by atoms with E-state index in [0.717, 1.165) is 0 Å². The van der Waals surface area contributed by atoms with E-state index in [4.69, 9.17) is 4.74 Å². The van der Waals surface area contributed by atoms with Crippen LogP contribution in [0.15, 0.2) is 42.5 Å². The molecule has 32 heavy (non-hydrogen) atoms. The number of rotatable bonds is 5. The first-order valence-electron chi connectivity index (χ1n) is 10.2. The third-order valence-electron chi connectivity index (χ3n) is 5.81. The van der Waals surface area contributed by atoms with E-state index in [-0.39, 0.29) is 51.7 Å². The van der Waals surface area contributed by atoms with Crippen LogP contribution in [0.4, 0.5) is 0 Å². The molecule has 1 atom stereocenters. The molecule has 0 N–H and O–H groups in total. The van der Waals surface area contributed by atoms with Gasteiger partial charge in [0.15, 0.2) is 28.0 Å². The average molecular weight is 455 g/mol. The summed E-state index contributed by atoms with van der Waals surface area (Å²) in [5.41, 5.74) is 0.468. The van der Waals surface area contributed by atoms with Crippen LogP contribution in [0.5, 0.6) is 0 Å². The lowest BCUT2D eigenvalue weighted by Crippen LogP contribution is -2.43. The number of carbonyl (C=O) groups is 4. The Hall–Kier alpha value is -3.33. The number of amides is 1. The zero-order valence-corrected chi connectivity index (χ0v) is 18.2. The van der Waals surface area contributed by atoms with Crippen molar-refractivity contribution in [1.82, 2.24) is 4.90 Å². The molecule has 0 bridgehead atoms. The maximum absolute atomic E-state index is 13.0. The maximum atomic E-state index is 13.0. The van der Waals surface area contributed by atoms with Gasteiger partial charge in [0.25, 0.3) is 5.91 Å². The van der Waals surface area contributed by atoms with Crippen molar-refractivity contribution >= 4 is 33.3 Å². The highest BCUT2D eigenvalue weighted by Crippen LogP contribution is 2.30. The lowest BCUT2D eigenvalue weighted by molar-refractivity contribution is -0.136. The molecule has 166 valence electrons. The molecule has 0 saturated carbocycles. The average Bonchev–Trinajstić information content (AvgIpc) is 3.15. The van der Waals surface area contributed by atoms with Gasteiger partial charge < -0.3 is 9.64 Å². The minimum atomic E-state index is -3.18. The van der Waals surface area contributed by atoms with Gasteiger partial charge in [0.1, 0.15) is 0 Å². The molecule has 1 saturated heterocycles. The molecule has 1 fully saturated rings. The number of ether oxygens (including phenoxy) is 1. The Kier molecular flexibility index (Phi) is 5.68. The molecule has 1 aliphatic carbocycles. The topological polar surface area (TPSA) is 115 Å². The largest absolute Gasteiger partial charge is 0.452 e. The minimum Gasteiger partial charge on any atom is -0.452 e. The number of carbonyl (C=O) groups excluding carboxylic acids is 4. The van der Waals surface area contributed by atoms with Gasteiger partial charge in [-0.25, -0.2) is 13.2 Å². The maximum Gasteiger partial charge on any atom is 0.339 e. The molecule has 1 amide bonds. The van der Waals surface area contributed by atoms with Crippen LogP contribution in [0.1, 0.15) is 55.5 Å². The summed E-state index contributed by atoms with van der Waals surface area (Å²) in [6, 6.07) is 10.3. The van der Waals surface area contributed by atoms with Gasteiger partial charge in [-0.2, -0.15) is 0 Å². The number of hydrogen-bond donors (Lipinski definition) is 0. The number of fused-ring (bicyclic) bond motifs is 2. The molecule has 0 radical (unpaired) electrons. The number of hydrogen-bond acceptors (Lipinski definition) is 7. The third kappa shape index (κ3) is 3.84. The van der Waals surface area contributed by atoms with Crippen LogP contribution >= 0.6 is 0 Å². The standard InChI is InChI=1S/C23H21NO7S/c1-2-24(14-10-11-32(29,30)13-14)19(25)12-31-23(28)18-9-5-8-17-20(18)22(27)16-7-4-3-6-15(16)21(17)26/h3-9,14H,2,10-13H2,1H3. The number of nitrogens with zero attached hydrogens (tertiary/aromatic N) is 1. The van der Waals surface area contributed by atoms with Gasteiger partial charge in [-0.15, -0.1) is 0 Å². The van der Waals surface area contributed by atoms with Crippen LogP contribution < -0.4 is 0 Å². The molecule has 1 aliphatic heterocycles. The first-order valence-corrected chi connectivity index (χ1v) is 12.0. The molecule has 4 rings (SSSR count). The predicted octanol–water partition coefficient (Wildman–Crippen LogP) is 1.65. The number of sulfone groups is 1. The Morgan fingerprint density at radius 2 is 1.66 bits per heavy atom. The lowest BCUT2D eigenvalue weighted by atomic mass is 9.82. The van der Waals surface area contributed by atoms with Gasteiger partial charge >= 0.3 is 5.97 Å². The number of likely N-dealkylation sites (N-methyl/N-ethyl adjacent to an activating group) is 1. The highest BCUT2D eigenvalue weighted by Gasteiger charge is 2.35. The van der Waals surface area contributed by atoms with Crippen molar-refractivity contribution in [2.45, 2.75) is 19.4 Å². The van der Waals surface area contributed by atoms with Crippen molar-refractivity contribution in [3.63, 3.8) is 0 Å². The van der Waals surface area contributed by atoms with E-state index in [1.165, 1.54) is 29.2 Å². The van der Waals surface area contributed by atoms with Gasteiger partial charge in [0, 0.05) is 34.8 Å². The molecule has 1 heterocycles. The zero-order chi connectivity index (χ0) is 23.0. The molecule has 2 aromatic carbocycles. The third-order valence-corrected chi connectivity index (χ3v) is 7.56. The van der Waals surface area contributed by atoms with Crippen molar-refractivity contribution in [2.24, 2.45) is 0 Å². The van der Waals surface area contributed by atoms with Crippen molar-refractivity contribution in [2.75, 3.05) is 24.7 Å². The van der Waals surface area contributed by atoms with Gasteiger partial charge in [-0.05, 0) is 19.4 Å². The second kappa shape index (κ2) is 8.31. The Labute approximate surface area is 185 Å². The van der Waals surface area contributed by atoms with Crippen LogP contribution in [0.25, 0.3) is 0 Å². The molecule has 2 aromatic rings. The van der Waals surface area contributed by atoms with Crippen LogP contribution in [-0.4, -0.2) is 67.5 Å². The van der Waals surface area contributed by atoms with E-state index in [1.807, 2.05) is 0 Å². The minimum absolute atomic E-state index is 0.0228. The molecule has 8 nitrogen and oxygen atoms in total. The summed E-state index contributed by atoms with van der Waals surface area (Å²) >= 11 is 0. The fourth-order valence-corrected chi connectivity index (χ4v) is 5.99. The predicted molar refractivity (Wildman–Crippen MR) is 114 cm³/mol. The zero-order valence-electron chi connectivity index (χ0n) is 17.4. The summed E-state index contributed by atoms with van der Waals surface area (Å²) in [7, 11) is -3.18. The van der Waals surface area contributed by atoms with Gasteiger partial charge in [0.05, 0.1) is 17.1 Å². The summed E-state index contributed by atoms with van der Waals surface area (Å²) in [5.74, 6) is -2.31. The Morgan fingerprint density at radius 1 is 1.00 bits per heavy atom. The van der Waals surface area contributed by atoms with Crippen molar-refractivity contribution in [3.8, 4) is 0 Å². The van der Waals surface area contributed by atoms with E-state index in [0.29, 0.717) is 6.42 Å². The van der Waals surface area contributed by atoms with Crippen molar-refractivity contribution < 1.29 is 32.3 Å². The van der Waals surface area contributed by atoms with Crippen LogP contribution in [0, 0.1) is 0 Å².